The van der Waals surface area contributed by atoms with Crippen LogP contribution in [-0.4, -0.2) is 20.7 Å². The molecule has 1 amide bonds. The number of pyridine rings is 1. The van der Waals surface area contributed by atoms with Gasteiger partial charge in [-0.3, -0.25) is 14.9 Å². The van der Waals surface area contributed by atoms with Crippen LogP contribution in [0.4, 0.5) is 5.13 Å². The zero-order chi connectivity index (χ0) is 13.8. The Morgan fingerprint density at radius 3 is 2.84 bits per heavy atom. The minimum atomic E-state index is -0.282. The first-order chi connectivity index (χ1) is 9.10. The minimum absolute atomic E-state index is 0.0213. The van der Waals surface area contributed by atoms with Crippen molar-refractivity contribution in [1.29, 1.82) is 0 Å². The lowest BCUT2D eigenvalue weighted by atomic mass is 10.3. The van der Waals surface area contributed by atoms with E-state index in [9.17, 15) is 9.59 Å². The SMILES string of the molecule is CCc1nnc(NC(=O)Cn2c(C)cccc2=O)s1. The highest BCUT2D eigenvalue weighted by molar-refractivity contribution is 7.15. The largest absolute Gasteiger partial charge is 0.304 e. The van der Waals surface area contributed by atoms with Gasteiger partial charge in [-0.15, -0.1) is 10.2 Å². The first-order valence-electron chi connectivity index (χ1n) is 5.89. The quantitative estimate of drug-likeness (QED) is 0.912. The smallest absolute Gasteiger partial charge is 0.251 e. The van der Waals surface area contributed by atoms with Gasteiger partial charge in [0, 0.05) is 11.8 Å². The summed E-state index contributed by atoms with van der Waals surface area (Å²) in [5.41, 5.74) is 0.552. The van der Waals surface area contributed by atoms with Crippen LogP contribution in [0.1, 0.15) is 17.6 Å². The lowest BCUT2D eigenvalue weighted by Crippen LogP contribution is -2.28. The van der Waals surface area contributed by atoms with Crippen molar-refractivity contribution in [1.82, 2.24) is 14.8 Å². The van der Waals surface area contributed by atoms with Gasteiger partial charge in [0.2, 0.25) is 11.0 Å². The predicted molar refractivity (Wildman–Crippen MR) is 73.4 cm³/mol. The van der Waals surface area contributed by atoms with Crippen molar-refractivity contribution in [2.45, 2.75) is 26.8 Å². The Bertz CT molecular complexity index is 647. The second-order valence-electron chi connectivity index (χ2n) is 3.99. The number of amides is 1. The summed E-state index contributed by atoms with van der Waals surface area (Å²) in [6, 6.07) is 4.89. The van der Waals surface area contributed by atoms with E-state index in [-0.39, 0.29) is 18.0 Å². The molecule has 0 saturated heterocycles. The second kappa shape index (κ2) is 5.75. The maximum atomic E-state index is 11.9. The Labute approximate surface area is 114 Å². The maximum absolute atomic E-state index is 11.9. The number of carbonyl (C=O) groups excluding carboxylic acids is 1. The van der Waals surface area contributed by atoms with E-state index in [1.165, 1.54) is 22.0 Å². The molecule has 0 aliphatic rings. The van der Waals surface area contributed by atoms with Gasteiger partial charge in [-0.1, -0.05) is 24.3 Å². The highest BCUT2D eigenvalue weighted by atomic mass is 32.1. The molecule has 0 bridgehead atoms. The van der Waals surface area contributed by atoms with Gasteiger partial charge in [0.1, 0.15) is 11.6 Å². The molecule has 0 aliphatic heterocycles. The number of hydrogen-bond donors (Lipinski definition) is 1. The van der Waals surface area contributed by atoms with E-state index in [1.807, 2.05) is 6.92 Å². The van der Waals surface area contributed by atoms with E-state index in [2.05, 4.69) is 15.5 Å². The zero-order valence-electron chi connectivity index (χ0n) is 10.7. The monoisotopic (exact) mass is 278 g/mol. The summed E-state index contributed by atoms with van der Waals surface area (Å²) in [7, 11) is 0. The Balaban J connectivity index is 2.07. The van der Waals surface area contributed by atoms with Crippen LogP contribution in [0.5, 0.6) is 0 Å². The van der Waals surface area contributed by atoms with Crippen molar-refractivity contribution >= 4 is 22.4 Å². The van der Waals surface area contributed by atoms with Crippen LogP contribution in [0.25, 0.3) is 0 Å². The van der Waals surface area contributed by atoms with Crippen molar-refractivity contribution in [3.8, 4) is 0 Å². The van der Waals surface area contributed by atoms with Crippen molar-refractivity contribution in [2.24, 2.45) is 0 Å². The van der Waals surface area contributed by atoms with Crippen molar-refractivity contribution in [2.75, 3.05) is 5.32 Å². The molecule has 2 aromatic heterocycles. The number of anilines is 1. The molecule has 0 fully saturated rings. The molecule has 0 saturated carbocycles. The van der Waals surface area contributed by atoms with E-state index in [4.69, 9.17) is 0 Å². The van der Waals surface area contributed by atoms with Crippen LogP contribution < -0.4 is 10.9 Å². The first-order valence-corrected chi connectivity index (χ1v) is 6.70. The minimum Gasteiger partial charge on any atom is -0.304 e. The molecule has 0 aromatic carbocycles. The van der Waals surface area contributed by atoms with Gasteiger partial charge in [0.15, 0.2) is 0 Å². The highest BCUT2D eigenvalue weighted by Gasteiger charge is 2.09. The van der Waals surface area contributed by atoms with Gasteiger partial charge in [0.05, 0.1) is 0 Å². The molecule has 2 aromatic rings. The molecule has 0 atom stereocenters. The maximum Gasteiger partial charge on any atom is 0.251 e. The average molecular weight is 278 g/mol. The van der Waals surface area contributed by atoms with Gasteiger partial charge in [-0.2, -0.15) is 0 Å². The highest BCUT2D eigenvalue weighted by Crippen LogP contribution is 2.15. The van der Waals surface area contributed by atoms with Crippen LogP contribution >= 0.6 is 11.3 Å². The standard InChI is InChI=1S/C12H14N4O2S/c1-3-10-14-15-12(19-10)13-9(17)7-16-8(2)5-4-6-11(16)18/h4-6H,3,7H2,1-2H3,(H,13,15,17). The first kappa shape index (κ1) is 13.4. The molecule has 0 unspecified atom stereocenters. The number of nitrogens with one attached hydrogen (secondary N) is 1. The topological polar surface area (TPSA) is 76.9 Å². The molecule has 1 N–H and O–H groups in total. The van der Waals surface area contributed by atoms with Crippen LogP contribution in [-0.2, 0) is 17.8 Å². The van der Waals surface area contributed by atoms with E-state index < -0.39 is 0 Å². The number of nitrogens with zero attached hydrogens (tertiary/aromatic N) is 3. The lowest BCUT2D eigenvalue weighted by Gasteiger charge is -2.08. The normalized spacial score (nSPS) is 10.4. The molecule has 2 rings (SSSR count). The van der Waals surface area contributed by atoms with E-state index in [0.717, 1.165) is 17.1 Å². The van der Waals surface area contributed by atoms with Crippen molar-refractivity contribution < 1.29 is 4.79 Å². The third kappa shape index (κ3) is 3.25. The Morgan fingerprint density at radius 1 is 1.42 bits per heavy atom. The Hall–Kier alpha value is -2.02. The number of hydrogen-bond acceptors (Lipinski definition) is 5. The number of rotatable bonds is 4. The molecule has 19 heavy (non-hydrogen) atoms. The molecular weight excluding hydrogens is 264 g/mol. The Kier molecular flexibility index (Phi) is 4.06. The lowest BCUT2D eigenvalue weighted by molar-refractivity contribution is -0.116. The van der Waals surface area contributed by atoms with Crippen LogP contribution in [0.2, 0.25) is 0 Å². The van der Waals surface area contributed by atoms with Crippen LogP contribution in [0.15, 0.2) is 23.0 Å². The fourth-order valence-corrected chi connectivity index (χ4v) is 2.27. The Morgan fingerprint density at radius 2 is 2.21 bits per heavy atom. The summed E-state index contributed by atoms with van der Waals surface area (Å²) >= 11 is 1.34. The summed E-state index contributed by atoms with van der Waals surface area (Å²) in [6.07, 6.45) is 0.783. The third-order valence-corrected chi connectivity index (χ3v) is 3.57. The molecule has 100 valence electrons. The third-order valence-electron chi connectivity index (χ3n) is 2.59. The van der Waals surface area contributed by atoms with E-state index in [1.54, 1.807) is 19.1 Å². The van der Waals surface area contributed by atoms with Crippen LogP contribution in [0.3, 0.4) is 0 Å². The number of carbonyl (C=O) groups is 1. The number of aromatic nitrogens is 3. The fourth-order valence-electron chi connectivity index (χ4n) is 1.58. The molecule has 0 spiro atoms. The number of aryl methyl sites for hydroxylation is 2. The summed E-state index contributed by atoms with van der Waals surface area (Å²) in [4.78, 5) is 23.5. The predicted octanol–water partition coefficient (Wildman–Crippen LogP) is 1.21. The van der Waals surface area contributed by atoms with Gasteiger partial charge in [0.25, 0.3) is 5.56 Å². The summed E-state index contributed by atoms with van der Waals surface area (Å²) in [6.45, 7) is 3.74. The summed E-state index contributed by atoms with van der Waals surface area (Å²) < 4.78 is 1.41. The van der Waals surface area contributed by atoms with Crippen molar-refractivity contribution in [3.63, 3.8) is 0 Å². The van der Waals surface area contributed by atoms with Crippen LogP contribution in [0, 0.1) is 6.92 Å². The van der Waals surface area contributed by atoms with Gasteiger partial charge < -0.3 is 4.57 Å². The molecule has 7 heteroatoms. The zero-order valence-corrected chi connectivity index (χ0v) is 11.5. The molecule has 0 radical (unpaired) electrons. The summed E-state index contributed by atoms with van der Waals surface area (Å²) in [5, 5.41) is 11.7. The van der Waals surface area contributed by atoms with Gasteiger partial charge in [-0.25, -0.2) is 0 Å². The summed E-state index contributed by atoms with van der Waals surface area (Å²) in [5.74, 6) is -0.282. The van der Waals surface area contributed by atoms with E-state index in [0.29, 0.717) is 5.13 Å². The molecule has 2 heterocycles. The second-order valence-corrected chi connectivity index (χ2v) is 5.06. The molecular formula is C12H14N4O2S. The molecule has 6 nitrogen and oxygen atoms in total. The van der Waals surface area contributed by atoms with E-state index >= 15 is 0 Å². The van der Waals surface area contributed by atoms with Crippen molar-refractivity contribution in [3.05, 3.63) is 39.3 Å². The average Bonchev–Trinajstić information content (AvgIpc) is 2.81. The molecule has 0 aliphatic carbocycles. The fraction of sp³-hybridized carbons (Fsp3) is 0.333. The van der Waals surface area contributed by atoms with Gasteiger partial charge in [-0.05, 0) is 19.4 Å². The van der Waals surface area contributed by atoms with Gasteiger partial charge >= 0.3 is 0 Å².